The van der Waals surface area contributed by atoms with Gasteiger partial charge in [-0.3, -0.25) is 0 Å². The average molecular weight is 339 g/mol. The third-order valence-corrected chi connectivity index (χ3v) is 2.76. The van der Waals surface area contributed by atoms with Crippen LogP contribution in [0.5, 0.6) is 11.5 Å². The largest absolute Gasteiger partial charge is 0.493 e. The second-order valence-electron chi connectivity index (χ2n) is 4.06. The summed E-state index contributed by atoms with van der Waals surface area (Å²) in [6.45, 7) is 7.61. The monoisotopic (exact) mass is 337 g/mol. The summed E-state index contributed by atoms with van der Waals surface area (Å²) >= 11 is 3.48. The Morgan fingerprint density at radius 1 is 1.33 bits per heavy atom. The van der Waals surface area contributed by atoms with Crippen molar-refractivity contribution in [2.75, 3.05) is 13.7 Å². The van der Waals surface area contributed by atoms with Crippen LogP contribution in [-0.2, 0) is 6.54 Å². The number of nitrogens with one attached hydrogen (secondary N) is 1. The van der Waals surface area contributed by atoms with Gasteiger partial charge in [0, 0.05) is 22.6 Å². The summed E-state index contributed by atoms with van der Waals surface area (Å²) in [6, 6.07) is 4.42. The highest BCUT2D eigenvalue weighted by atomic mass is 79.9. The predicted molar refractivity (Wildman–Crippen MR) is 81.1 cm³/mol. The first-order valence-corrected chi connectivity index (χ1v) is 6.60. The maximum atomic E-state index is 5.66. The van der Waals surface area contributed by atoms with Crippen LogP contribution < -0.4 is 14.8 Å². The summed E-state index contributed by atoms with van der Waals surface area (Å²) in [4.78, 5) is 0. The van der Waals surface area contributed by atoms with Gasteiger partial charge in [-0.25, -0.2) is 0 Å². The molecule has 1 aromatic carbocycles. The molecule has 5 heteroatoms. The first kappa shape index (κ1) is 17.6. The van der Waals surface area contributed by atoms with E-state index in [9.17, 15) is 0 Å². The van der Waals surface area contributed by atoms with E-state index in [2.05, 4.69) is 41.2 Å². The first-order valence-electron chi connectivity index (χ1n) is 5.81. The van der Waals surface area contributed by atoms with E-state index in [1.54, 1.807) is 7.11 Å². The molecule has 0 fully saturated rings. The van der Waals surface area contributed by atoms with Crippen molar-refractivity contribution >= 4 is 28.3 Å². The summed E-state index contributed by atoms with van der Waals surface area (Å²) in [5, 5.41) is 3.38. The lowest BCUT2D eigenvalue weighted by Gasteiger charge is -2.16. The summed E-state index contributed by atoms with van der Waals surface area (Å²) in [5.74, 6) is 1.59. The number of methoxy groups -OCH3 is 1. The minimum atomic E-state index is 0. The fourth-order valence-corrected chi connectivity index (χ4v) is 2.01. The first-order chi connectivity index (χ1) is 8.08. The van der Waals surface area contributed by atoms with E-state index in [4.69, 9.17) is 9.47 Å². The van der Waals surface area contributed by atoms with E-state index >= 15 is 0 Å². The number of ether oxygens (including phenoxy) is 2. The number of halogens is 2. The second kappa shape index (κ2) is 8.62. The third-order valence-electron chi connectivity index (χ3n) is 2.31. The van der Waals surface area contributed by atoms with Gasteiger partial charge in [-0.2, -0.15) is 0 Å². The fraction of sp³-hybridized carbons (Fsp3) is 0.538. The summed E-state index contributed by atoms with van der Waals surface area (Å²) in [7, 11) is 1.66. The summed E-state index contributed by atoms with van der Waals surface area (Å²) in [5.41, 5.74) is 1.10. The molecule has 0 heterocycles. The molecule has 0 spiro atoms. The van der Waals surface area contributed by atoms with E-state index in [1.807, 2.05) is 13.0 Å². The van der Waals surface area contributed by atoms with Crippen LogP contribution in [0.15, 0.2) is 16.6 Å². The van der Waals surface area contributed by atoms with Gasteiger partial charge in [0.15, 0.2) is 11.5 Å². The Labute approximate surface area is 124 Å². The Morgan fingerprint density at radius 2 is 2.00 bits per heavy atom. The predicted octanol–water partition coefficient (Wildman–Crippen LogP) is 3.78. The maximum Gasteiger partial charge on any atom is 0.165 e. The quantitative estimate of drug-likeness (QED) is 0.856. The topological polar surface area (TPSA) is 30.5 Å². The SMILES string of the molecule is CCOc1c(CNC(C)C)cc(Br)cc1OC.Cl. The average Bonchev–Trinajstić information content (AvgIpc) is 2.28. The highest BCUT2D eigenvalue weighted by Crippen LogP contribution is 2.34. The molecule has 3 nitrogen and oxygen atoms in total. The highest BCUT2D eigenvalue weighted by Gasteiger charge is 2.12. The number of hydrogen-bond donors (Lipinski definition) is 1. The van der Waals surface area contributed by atoms with Crippen molar-refractivity contribution < 1.29 is 9.47 Å². The lowest BCUT2D eigenvalue weighted by molar-refractivity contribution is 0.306. The van der Waals surface area contributed by atoms with Crippen molar-refractivity contribution in [1.29, 1.82) is 0 Å². The van der Waals surface area contributed by atoms with Crippen LogP contribution in [0, 0.1) is 0 Å². The summed E-state index contributed by atoms with van der Waals surface area (Å²) < 4.78 is 12.0. The molecule has 0 saturated heterocycles. The summed E-state index contributed by atoms with van der Waals surface area (Å²) in [6.07, 6.45) is 0. The Morgan fingerprint density at radius 3 is 2.50 bits per heavy atom. The zero-order valence-electron chi connectivity index (χ0n) is 11.2. The van der Waals surface area contributed by atoms with Crippen LogP contribution in [0.25, 0.3) is 0 Å². The Bertz CT molecular complexity index is 372. The number of rotatable bonds is 6. The molecule has 18 heavy (non-hydrogen) atoms. The molecular weight excluding hydrogens is 318 g/mol. The molecule has 0 radical (unpaired) electrons. The van der Waals surface area contributed by atoms with Gasteiger partial charge in [0.1, 0.15) is 0 Å². The molecule has 0 bridgehead atoms. The van der Waals surface area contributed by atoms with Crippen LogP contribution in [0.2, 0.25) is 0 Å². The molecule has 0 aliphatic carbocycles. The zero-order valence-corrected chi connectivity index (χ0v) is 13.7. The van der Waals surface area contributed by atoms with Gasteiger partial charge in [0.25, 0.3) is 0 Å². The molecule has 0 unspecified atom stereocenters. The van der Waals surface area contributed by atoms with E-state index in [0.717, 1.165) is 28.1 Å². The van der Waals surface area contributed by atoms with Crippen molar-refractivity contribution in [2.45, 2.75) is 33.4 Å². The molecule has 0 amide bonds. The van der Waals surface area contributed by atoms with Crippen molar-refractivity contribution in [1.82, 2.24) is 5.32 Å². The van der Waals surface area contributed by atoms with Gasteiger partial charge in [-0.1, -0.05) is 29.8 Å². The van der Waals surface area contributed by atoms with E-state index in [-0.39, 0.29) is 12.4 Å². The van der Waals surface area contributed by atoms with E-state index < -0.39 is 0 Å². The Hall–Kier alpha value is -0.450. The van der Waals surface area contributed by atoms with Crippen LogP contribution in [0.1, 0.15) is 26.3 Å². The minimum Gasteiger partial charge on any atom is -0.493 e. The minimum absolute atomic E-state index is 0. The molecule has 1 aromatic rings. The zero-order chi connectivity index (χ0) is 12.8. The third kappa shape index (κ3) is 5.04. The standard InChI is InChI=1S/C13H20BrNO2.ClH/c1-5-17-13-10(8-15-9(2)3)6-11(14)7-12(13)16-4;/h6-7,9,15H,5,8H2,1-4H3;1H. The molecule has 0 aromatic heterocycles. The molecule has 0 aliphatic heterocycles. The number of benzene rings is 1. The lowest BCUT2D eigenvalue weighted by atomic mass is 10.1. The molecule has 0 saturated carbocycles. The Kier molecular flexibility index (Phi) is 8.40. The maximum absolute atomic E-state index is 5.66. The lowest BCUT2D eigenvalue weighted by Crippen LogP contribution is -2.22. The Balaban J connectivity index is 0.00000289. The second-order valence-corrected chi connectivity index (χ2v) is 4.98. The molecule has 0 aliphatic rings. The van der Waals surface area contributed by atoms with Gasteiger partial charge in [0.05, 0.1) is 13.7 Å². The molecular formula is C13H21BrClNO2. The van der Waals surface area contributed by atoms with Crippen molar-refractivity contribution in [3.63, 3.8) is 0 Å². The molecule has 104 valence electrons. The molecule has 1 N–H and O–H groups in total. The van der Waals surface area contributed by atoms with E-state index in [0.29, 0.717) is 12.6 Å². The smallest absolute Gasteiger partial charge is 0.165 e. The normalized spacial score (nSPS) is 10.1. The van der Waals surface area contributed by atoms with Gasteiger partial charge < -0.3 is 14.8 Å². The molecule has 0 atom stereocenters. The van der Waals surface area contributed by atoms with Crippen LogP contribution in [-0.4, -0.2) is 19.8 Å². The number of hydrogen-bond acceptors (Lipinski definition) is 3. The fourth-order valence-electron chi connectivity index (χ4n) is 1.53. The van der Waals surface area contributed by atoms with Crippen LogP contribution >= 0.6 is 28.3 Å². The van der Waals surface area contributed by atoms with Gasteiger partial charge >= 0.3 is 0 Å². The highest BCUT2D eigenvalue weighted by molar-refractivity contribution is 9.10. The van der Waals surface area contributed by atoms with Gasteiger partial charge in [-0.15, -0.1) is 12.4 Å². The van der Waals surface area contributed by atoms with Crippen molar-refractivity contribution in [3.8, 4) is 11.5 Å². The van der Waals surface area contributed by atoms with E-state index in [1.165, 1.54) is 0 Å². The van der Waals surface area contributed by atoms with Crippen molar-refractivity contribution in [2.24, 2.45) is 0 Å². The van der Waals surface area contributed by atoms with Gasteiger partial charge in [-0.05, 0) is 19.1 Å². The molecule has 1 rings (SSSR count). The van der Waals surface area contributed by atoms with Crippen LogP contribution in [0.3, 0.4) is 0 Å². The van der Waals surface area contributed by atoms with Crippen LogP contribution in [0.4, 0.5) is 0 Å². The van der Waals surface area contributed by atoms with Gasteiger partial charge in [0.2, 0.25) is 0 Å². The van der Waals surface area contributed by atoms with Crippen molar-refractivity contribution in [3.05, 3.63) is 22.2 Å².